The number of nitriles is 1. The predicted octanol–water partition coefficient (Wildman–Crippen LogP) is 1.73. The maximum absolute atomic E-state index is 8.81. The third-order valence-corrected chi connectivity index (χ3v) is 3.52. The van der Waals surface area contributed by atoms with Crippen LogP contribution < -0.4 is 10.5 Å². The molecule has 1 heterocycles. The zero-order valence-corrected chi connectivity index (χ0v) is 11.4. The standard InChI is InChI=1S/C15H21N3O/c1-2-19-15-5-3-12(4-6-15)13-9-14(17)11-18(10-13)8-7-16/h3-6,13-14H,2,8-11,17H2,1H3. The smallest absolute Gasteiger partial charge is 0.119 e. The molecular formula is C15H21N3O. The van der Waals surface area contributed by atoms with Crippen LogP contribution in [0.4, 0.5) is 0 Å². The molecule has 19 heavy (non-hydrogen) atoms. The number of benzene rings is 1. The van der Waals surface area contributed by atoms with Crippen molar-refractivity contribution in [1.82, 2.24) is 4.90 Å². The molecule has 1 aliphatic rings. The van der Waals surface area contributed by atoms with Crippen LogP contribution in [0.5, 0.6) is 5.75 Å². The highest BCUT2D eigenvalue weighted by Crippen LogP contribution is 2.27. The number of hydrogen-bond acceptors (Lipinski definition) is 4. The molecule has 2 atom stereocenters. The van der Waals surface area contributed by atoms with E-state index in [1.807, 2.05) is 19.1 Å². The molecule has 2 rings (SSSR count). The molecule has 0 aromatic heterocycles. The van der Waals surface area contributed by atoms with E-state index in [9.17, 15) is 0 Å². The summed E-state index contributed by atoms with van der Waals surface area (Å²) in [7, 11) is 0. The summed E-state index contributed by atoms with van der Waals surface area (Å²) in [6, 6.07) is 10.6. The molecule has 2 N–H and O–H groups in total. The molecule has 102 valence electrons. The second kappa shape index (κ2) is 6.55. The summed E-state index contributed by atoms with van der Waals surface area (Å²) >= 11 is 0. The molecule has 0 aliphatic carbocycles. The summed E-state index contributed by atoms with van der Waals surface area (Å²) in [5.41, 5.74) is 7.36. The second-order valence-corrected chi connectivity index (χ2v) is 5.05. The third-order valence-electron chi connectivity index (χ3n) is 3.52. The molecule has 1 saturated heterocycles. The molecule has 1 aromatic carbocycles. The Hall–Kier alpha value is -1.57. The van der Waals surface area contributed by atoms with Crippen molar-refractivity contribution in [3.63, 3.8) is 0 Å². The number of piperidine rings is 1. The van der Waals surface area contributed by atoms with E-state index in [-0.39, 0.29) is 6.04 Å². The first-order chi connectivity index (χ1) is 9.22. The van der Waals surface area contributed by atoms with Crippen LogP contribution in [0.3, 0.4) is 0 Å². The van der Waals surface area contributed by atoms with Gasteiger partial charge in [0.15, 0.2) is 0 Å². The molecule has 2 unspecified atom stereocenters. The van der Waals surface area contributed by atoms with E-state index in [0.717, 1.165) is 25.3 Å². The van der Waals surface area contributed by atoms with E-state index in [2.05, 4.69) is 23.1 Å². The third kappa shape index (κ3) is 3.69. The molecule has 4 heteroatoms. The predicted molar refractivity (Wildman–Crippen MR) is 75.0 cm³/mol. The van der Waals surface area contributed by atoms with Crippen LogP contribution in [-0.2, 0) is 0 Å². The van der Waals surface area contributed by atoms with E-state index in [0.29, 0.717) is 19.1 Å². The van der Waals surface area contributed by atoms with E-state index < -0.39 is 0 Å². The van der Waals surface area contributed by atoms with Crippen molar-refractivity contribution in [2.45, 2.75) is 25.3 Å². The lowest BCUT2D eigenvalue weighted by Crippen LogP contribution is -2.46. The van der Waals surface area contributed by atoms with Gasteiger partial charge in [-0.2, -0.15) is 5.26 Å². The summed E-state index contributed by atoms with van der Waals surface area (Å²) in [5.74, 6) is 1.31. The van der Waals surface area contributed by atoms with Gasteiger partial charge in [-0.3, -0.25) is 4.90 Å². The van der Waals surface area contributed by atoms with E-state index in [1.54, 1.807) is 0 Å². The lowest BCUT2D eigenvalue weighted by atomic mass is 9.88. The van der Waals surface area contributed by atoms with Crippen LogP contribution in [-0.4, -0.2) is 37.2 Å². The quantitative estimate of drug-likeness (QED) is 0.836. The summed E-state index contributed by atoms with van der Waals surface area (Å²) in [6.45, 7) is 4.86. The maximum atomic E-state index is 8.81. The van der Waals surface area contributed by atoms with Gasteiger partial charge in [0, 0.05) is 19.1 Å². The highest BCUT2D eigenvalue weighted by molar-refractivity contribution is 5.30. The monoisotopic (exact) mass is 259 g/mol. The molecule has 0 saturated carbocycles. The van der Waals surface area contributed by atoms with Crippen LogP contribution in [0.15, 0.2) is 24.3 Å². The van der Waals surface area contributed by atoms with Crippen molar-refractivity contribution >= 4 is 0 Å². The van der Waals surface area contributed by atoms with Gasteiger partial charge in [-0.05, 0) is 37.0 Å². The molecule has 1 aliphatic heterocycles. The fraction of sp³-hybridized carbons (Fsp3) is 0.533. The average molecular weight is 259 g/mol. The molecular weight excluding hydrogens is 238 g/mol. The highest BCUT2D eigenvalue weighted by Gasteiger charge is 2.25. The van der Waals surface area contributed by atoms with Crippen molar-refractivity contribution in [2.75, 3.05) is 26.2 Å². The topological polar surface area (TPSA) is 62.3 Å². The zero-order valence-electron chi connectivity index (χ0n) is 11.4. The summed E-state index contributed by atoms with van der Waals surface area (Å²) in [4.78, 5) is 2.13. The van der Waals surface area contributed by atoms with Gasteiger partial charge in [0.05, 0.1) is 19.2 Å². The minimum atomic E-state index is 0.152. The van der Waals surface area contributed by atoms with Crippen LogP contribution in [0.25, 0.3) is 0 Å². The van der Waals surface area contributed by atoms with Crippen molar-refractivity contribution in [3.05, 3.63) is 29.8 Å². The number of rotatable bonds is 4. The Kier molecular flexibility index (Phi) is 4.78. The van der Waals surface area contributed by atoms with Crippen LogP contribution in [0.2, 0.25) is 0 Å². The first kappa shape index (κ1) is 13.9. The van der Waals surface area contributed by atoms with Crippen LogP contribution in [0, 0.1) is 11.3 Å². The van der Waals surface area contributed by atoms with Gasteiger partial charge in [-0.25, -0.2) is 0 Å². The van der Waals surface area contributed by atoms with Gasteiger partial charge in [0.2, 0.25) is 0 Å². The van der Waals surface area contributed by atoms with Crippen molar-refractivity contribution < 1.29 is 4.74 Å². The summed E-state index contributed by atoms with van der Waals surface area (Å²) in [5, 5.41) is 8.81. The number of nitrogens with zero attached hydrogens (tertiary/aromatic N) is 2. The van der Waals surface area contributed by atoms with E-state index in [4.69, 9.17) is 15.7 Å². The van der Waals surface area contributed by atoms with Gasteiger partial charge in [0.1, 0.15) is 5.75 Å². The number of nitrogens with two attached hydrogens (primary N) is 1. The first-order valence-electron chi connectivity index (χ1n) is 6.80. The summed E-state index contributed by atoms with van der Waals surface area (Å²) < 4.78 is 5.45. The van der Waals surface area contributed by atoms with Gasteiger partial charge in [-0.15, -0.1) is 0 Å². The molecule has 1 fully saturated rings. The van der Waals surface area contributed by atoms with Crippen molar-refractivity contribution in [2.24, 2.45) is 5.73 Å². The zero-order chi connectivity index (χ0) is 13.7. The average Bonchev–Trinajstić information content (AvgIpc) is 2.40. The fourth-order valence-electron chi connectivity index (χ4n) is 2.71. The molecule has 0 amide bonds. The molecule has 0 bridgehead atoms. The maximum Gasteiger partial charge on any atom is 0.119 e. The molecule has 0 radical (unpaired) electrons. The van der Waals surface area contributed by atoms with Crippen molar-refractivity contribution in [3.8, 4) is 11.8 Å². The van der Waals surface area contributed by atoms with Gasteiger partial charge in [0.25, 0.3) is 0 Å². The highest BCUT2D eigenvalue weighted by atomic mass is 16.5. The fourth-order valence-corrected chi connectivity index (χ4v) is 2.71. The Bertz CT molecular complexity index is 438. The number of hydrogen-bond donors (Lipinski definition) is 1. The van der Waals surface area contributed by atoms with Gasteiger partial charge >= 0.3 is 0 Å². The first-order valence-corrected chi connectivity index (χ1v) is 6.80. The Labute approximate surface area is 114 Å². The minimum Gasteiger partial charge on any atom is -0.494 e. The largest absolute Gasteiger partial charge is 0.494 e. The molecule has 0 spiro atoms. The van der Waals surface area contributed by atoms with Crippen molar-refractivity contribution in [1.29, 1.82) is 5.26 Å². The number of ether oxygens (including phenoxy) is 1. The summed E-state index contributed by atoms with van der Waals surface area (Å²) in [6.07, 6.45) is 0.982. The minimum absolute atomic E-state index is 0.152. The normalized spacial score (nSPS) is 23.8. The second-order valence-electron chi connectivity index (χ2n) is 5.05. The van der Waals surface area contributed by atoms with Crippen LogP contribution in [0.1, 0.15) is 24.8 Å². The van der Waals surface area contributed by atoms with E-state index >= 15 is 0 Å². The van der Waals surface area contributed by atoms with Gasteiger partial charge < -0.3 is 10.5 Å². The number of likely N-dealkylation sites (tertiary alicyclic amines) is 1. The molecule has 4 nitrogen and oxygen atoms in total. The van der Waals surface area contributed by atoms with Crippen LogP contribution >= 0.6 is 0 Å². The van der Waals surface area contributed by atoms with Gasteiger partial charge in [-0.1, -0.05) is 12.1 Å². The Morgan fingerprint density at radius 1 is 1.37 bits per heavy atom. The Balaban J connectivity index is 2.05. The Morgan fingerprint density at radius 3 is 2.74 bits per heavy atom. The molecule has 1 aromatic rings. The SMILES string of the molecule is CCOc1ccc(C2CC(N)CN(CC#N)C2)cc1. The lowest BCUT2D eigenvalue weighted by Gasteiger charge is -2.35. The van der Waals surface area contributed by atoms with E-state index in [1.165, 1.54) is 5.56 Å². The Morgan fingerprint density at radius 2 is 2.11 bits per heavy atom. The lowest BCUT2D eigenvalue weighted by molar-refractivity contribution is 0.208.